The van der Waals surface area contributed by atoms with Crippen molar-refractivity contribution in [3.05, 3.63) is 0 Å². The molecule has 0 aromatic rings. The Bertz CT molecular complexity index is 328. The van der Waals surface area contributed by atoms with Crippen LogP contribution in [0.15, 0.2) is 0 Å². The van der Waals surface area contributed by atoms with Gasteiger partial charge in [-0.3, -0.25) is 9.59 Å². The lowest BCUT2D eigenvalue weighted by molar-refractivity contribution is -0.155. The van der Waals surface area contributed by atoms with Crippen molar-refractivity contribution in [3.8, 4) is 0 Å². The molecule has 0 rings (SSSR count). The first-order valence-corrected chi connectivity index (χ1v) is 9.90. The number of rotatable bonds is 15. The fourth-order valence-electron chi connectivity index (χ4n) is 2.82. The molecular weight excluding hydrogens is 304 g/mol. The number of ether oxygens (including phenoxy) is 2. The Hall–Kier alpha value is -1.06. The highest BCUT2D eigenvalue weighted by atomic mass is 16.5. The molecule has 0 radical (unpaired) electrons. The lowest BCUT2D eigenvalue weighted by Crippen LogP contribution is -2.25. The molecule has 0 aliphatic rings. The van der Waals surface area contributed by atoms with E-state index in [0.717, 1.165) is 32.1 Å². The molecule has 0 aromatic carbocycles. The van der Waals surface area contributed by atoms with Gasteiger partial charge in [-0.15, -0.1) is 0 Å². The smallest absolute Gasteiger partial charge is 0.306 e. The summed E-state index contributed by atoms with van der Waals surface area (Å²) in [5.74, 6) is -0.222. The van der Waals surface area contributed by atoms with Crippen LogP contribution in [0.4, 0.5) is 0 Å². The molecular formula is C20H38O4. The topological polar surface area (TPSA) is 52.6 Å². The first-order valence-electron chi connectivity index (χ1n) is 9.90. The molecule has 142 valence electrons. The highest BCUT2D eigenvalue weighted by Crippen LogP contribution is 2.17. The van der Waals surface area contributed by atoms with Gasteiger partial charge < -0.3 is 9.47 Å². The number of esters is 2. The maximum Gasteiger partial charge on any atom is 0.306 e. The maximum absolute atomic E-state index is 11.9. The quantitative estimate of drug-likeness (QED) is 0.294. The van der Waals surface area contributed by atoms with Gasteiger partial charge in [0, 0.05) is 0 Å². The minimum absolute atomic E-state index is 0.0448. The minimum atomic E-state index is -0.296. The molecule has 0 heterocycles. The van der Waals surface area contributed by atoms with Gasteiger partial charge in [0.05, 0.1) is 19.4 Å². The molecule has 4 nitrogen and oxygen atoms in total. The van der Waals surface area contributed by atoms with Crippen molar-refractivity contribution < 1.29 is 19.1 Å². The van der Waals surface area contributed by atoms with Crippen LogP contribution in [0.3, 0.4) is 0 Å². The van der Waals surface area contributed by atoms with Crippen molar-refractivity contribution in [1.82, 2.24) is 0 Å². The van der Waals surface area contributed by atoms with Gasteiger partial charge in [-0.1, -0.05) is 66.2 Å². The molecule has 0 aliphatic carbocycles. The average molecular weight is 343 g/mol. The van der Waals surface area contributed by atoms with Gasteiger partial charge in [-0.2, -0.15) is 0 Å². The second kappa shape index (κ2) is 15.5. The van der Waals surface area contributed by atoms with E-state index in [1.165, 1.54) is 25.7 Å². The molecule has 4 heteroatoms. The monoisotopic (exact) mass is 342 g/mol. The summed E-state index contributed by atoms with van der Waals surface area (Å²) in [6.07, 6.45) is 10.1. The van der Waals surface area contributed by atoms with Gasteiger partial charge >= 0.3 is 11.9 Å². The number of hydrogen-bond acceptors (Lipinski definition) is 4. The van der Waals surface area contributed by atoms with Crippen LogP contribution in [0.25, 0.3) is 0 Å². The zero-order chi connectivity index (χ0) is 18.2. The highest BCUT2D eigenvalue weighted by molar-refractivity contribution is 5.77. The summed E-state index contributed by atoms with van der Waals surface area (Å²) in [5, 5.41) is 0. The van der Waals surface area contributed by atoms with Gasteiger partial charge in [0.25, 0.3) is 0 Å². The fourth-order valence-corrected chi connectivity index (χ4v) is 2.82. The van der Waals surface area contributed by atoms with E-state index in [9.17, 15) is 9.59 Å². The SMILES string of the molecule is CCCCCCCCOC(=O)CCC(=O)OC(CC)C(C)CCC. The van der Waals surface area contributed by atoms with Crippen LogP contribution in [-0.4, -0.2) is 24.6 Å². The van der Waals surface area contributed by atoms with Crippen molar-refractivity contribution >= 4 is 11.9 Å². The van der Waals surface area contributed by atoms with Crippen molar-refractivity contribution in [2.24, 2.45) is 5.92 Å². The van der Waals surface area contributed by atoms with Crippen LogP contribution in [0.5, 0.6) is 0 Å². The molecule has 0 aromatic heterocycles. The van der Waals surface area contributed by atoms with Crippen molar-refractivity contribution in [2.45, 2.75) is 104 Å². The largest absolute Gasteiger partial charge is 0.466 e. The van der Waals surface area contributed by atoms with Crippen molar-refractivity contribution in [1.29, 1.82) is 0 Å². The van der Waals surface area contributed by atoms with Crippen molar-refractivity contribution in [2.75, 3.05) is 6.61 Å². The third kappa shape index (κ3) is 12.4. The first kappa shape index (κ1) is 22.9. The van der Waals surface area contributed by atoms with Crippen LogP contribution in [0, 0.1) is 5.92 Å². The number of carbonyl (C=O) groups is 2. The summed E-state index contributed by atoms with van der Waals surface area (Å²) in [7, 11) is 0. The van der Waals surface area contributed by atoms with E-state index in [-0.39, 0.29) is 30.9 Å². The average Bonchev–Trinajstić information content (AvgIpc) is 2.57. The van der Waals surface area contributed by atoms with E-state index < -0.39 is 0 Å². The third-order valence-corrected chi connectivity index (χ3v) is 4.36. The Morgan fingerprint density at radius 3 is 2.08 bits per heavy atom. The molecule has 0 spiro atoms. The predicted octanol–water partition coefficient (Wildman–Crippen LogP) is 5.43. The van der Waals surface area contributed by atoms with Gasteiger partial charge in [-0.05, 0) is 25.2 Å². The number of unbranched alkanes of at least 4 members (excludes halogenated alkanes) is 5. The Labute approximate surface area is 148 Å². The molecule has 2 atom stereocenters. The first-order chi connectivity index (χ1) is 11.5. The summed E-state index contributed by atoms with van der Waals surface area (Å²) < 4.78 is 10.7. The van der Waals surface area contributed by atoms with Crippen molar-refractivity contribution in [3.63, 3.8) is 0 Å². The third-order valence-electron chi connectivity index (χ3n) is 4.36. The van der Waals surface area contributed by atoms with Gasteiger partial charge in [0.1, 0.15) is 6.10 Å². The maximum atomic E-state index is 11.9. The molecule has 0 amide bonds. The Morgan fingerprint density at radius 1 is 0.833 bits per heavy atom. The molecule has 0 saturated carbocycles. The van der Waals surface area contributed by atoms with Crippen LogP contribution >= 0.6 is 0 Å². The number of hydrogen-bond donors (Lipinski definition) is 0. The van der Waals surface area contributed by atoms with E-state index in [1.807, 2.05) is 6.92 Å². The Kier molecular flexibility index (Phi) is 14.8. The number of carbonyl (C=O) groups excluding carboxylic acids is 2. The Balaban J connectivity index is 3.75. The van der Waals surface area contributed by atoms with E-state index in [1.54, 1.807) is 0 Å². The molecule has 2 unspecified atom stereocenters. The molecule has 0 saturated heterocycles. The lowest BCUT2D eigenvalue weighted by atomic mass is 9.97. The summed E-state index contributed by atoms with van der Waals surface area (Å²) in [6, 6.07) is 0. The fraction of sp³-hybridized carbons (Fsp3) is 0.900. The minimum Gasteiger partial charge on any atom is -0.466 e. The molecule has 0 bridgehead atoms. The Morgan fingerprint density at radius 2 is 1.46 bits per heavy atom. The van der Waals surface area contributed by atoms with E-state index in [2.05, 4.69) is 20.8 Å². The van der Waals surface area contributed by atoms with Gasteiger partial charge in [0.2, 0.25) is 0 Å². The van der Waals surface area contributed by atoms with E-state index in [0.29, 0.717) is 12.5 Å². The van der Waals surface area contributed by atoms with Gasteiger partial charge in [0.15, 0.2) is 0 Å². The normalized spacial score (nSPS) is 13.3. The second-order valence-corrected chi connectivity index (χ2v) is 6.69. The van der Waals surface area contributed by atoms with Crippen LogP contribution in [0.2, 0.25) is 0 Å². The molecule has 0 N–H and O–H groups in total. The second-order valence-electron chi connectivity index (χ2n) is 6.69. The summed E-state index contributed by atoms with van der Waals surface area (Å²) in [6.45, 7) is 8.93. The standard InChI is InChI=1S/C20H38O4/c1-5-8-9-10-11-12-16-23-19(21)14-15-20(22)24-18(7-3)17(4)13-6-2/h17-18H,5-16H2,1-4H3. The van der Waals surface area contributed by atoms with Crippen LogP contribution in [-0.2, 0) is 19.1 Å². The summed E-state index contributed by atoms with van der Waals surface area (Å²) in [4.78, 5) is 23.5. The molecule has 0 aliphatic heterocycles. The predicted molar refractivity (Wildman–Crippen MR) is 97.8 cm³/mol. The van der Waals surface area contributed by atoms with E-state index >= 15 is 0 Å². The van der Waals surface area contributed by atoms with Gasteiger partial charge in [-0.25, -0.2) is 0 Å². The van der Waals surface area contributed by atoms with Crippen LogP contribution < -0.4 is 0 Å². The zero-order valence-electron chi connectivity index (χ0n) is 16.3. The zero-order valence-corrected chi connectivity index (χ0v) is 16.3. The summed E-state index contributed by atoms with van der Waals surface area (Å²) >= 11 is 0. The molecule has 0 fully saturated rings. The molecule has 24 heavy (non-hydrogen) atoms. The van der Waals surface area contributed by atoms with E-state index in [4.69, 9.17) is 9.47 Å². The lowest BCUT2D eigenvalue weighted by Gasteiger charge is -2.22. The summed E-state index contributed by atoms with van der Waals surface area (Å²) in [5.41, 5.74) is 0. The highest BCUT2D eigenvalue weighted by Gasteiger charge is 2.19. The van der Waals surface area contributed by atoms with Crippen LogP contribution in [0.1, 0.15) is 98.3 Å².